The number of nitrogens with one attached hydrogen (secondary N) is 2. The van der Waals surface area contributed by atoms with E-state index in [1.807, 2.05) is 37.3 Å². The Morgan fingerprint density at radius 3 is 2.17 bits per heavy atom. The minimum Gasteiger partial charge on any atom is -0.348 e. The number of carbonyl (C=O) groups excluding carboxylic acids is 1. The van der Waals surface area contributed by atoms with E-state index in [4.69, 9.17) is 0 Å². The molecule has 0 aliphatic heterocycles. The second-order valence-electron chi connectivity index (χ2n) is 6.35. The van der Waals surface area contributed by atoms with E-state index >= 15 is 0 Å². The van der Waals surface area contributed by atoms with Crippen molar-refractivity contribution in [1.29, 1.82) is 0 Å². The number of carbonyl (C=O) groups is 1. The summed E-state index contributed by atoms with van der Waals surface area (Å²) in [7, 11) is 0. The summed E-state index contributed by atoms with van der Waals surface area (Å²) < 4.78 is 13.1. The number of amides is 1. The molecule has 0 heterocycles. The van der Waals surface area contributed by atoms with Crippen molar-refractivity contribution in [3.05, 3.63) is 71.5 Å². The van der Waals surface area contributed by atoms with Crippen LogP contribution in [0, 0.1) is 11.7 Å². The molecule has 0 saturated heterocycles. The molecule has 4 heteroatoms. The second-order valence-corrected chi connectivity index (χ2v) is 6.35. The van der Waals surface area contributed by atoms with Gasteiger partial charge in [0.05, 0.1) is 12.6 Å². The van der Waals surface area contributed by atoms with Crippen molar-refractivity contribution >= 4 is 5.91 Å². The van der Waals surface area contributed by atoms with Crippen LogP contribution in [0.1, 0.15) is 44.0 Å². The van der Waals surface area contributed by atoms with E-state index in [9.17, 15) is 9.18 Å². The van der Waals surface area contributed by atoms with Crippen LogP contribution in [0.2, 0.25) is 0 Å². The second kappa shape index (κ2) is 8.60. The summed E-state index contributed by atoms with van der Waals surface area (Å²) in [4.78, 5) is 12.2. The molecule has 2 atom stereocenters. The summed E-state index contributed by atoms with van der Waals surface area (Å²) in [6.07, 6.45) is 0. The molecule has 2 rings (SSSR count). The van der Waals surface area contributed by atoms with E-state index in [1.54, 1.807) is 12.1 Å². The molecule has 0 aliphatic carbocycles. The van der Waals surface area contributed by atoms with Crippen molar-refractivity contribution < 1.29 is 9.18 Å². The standard InChI is InChI=1S/C20H25FN2O/c1-14(2)20(17-9-11-18(21)12-10-17)22-13-19(24)23-15(3)16-7-5-4-6-8-16/h4-12,14-15,20,22H,13H2,1-3H3,(H,23,24)/t15-,20-/m0/s1. The van der Waals surface area contributed by atoms with E-state index in [2.05, 4.69) is 24.5 Å². The highest BCUT2D eigenvalue weighted by atomic mass is 19.1. The van der Waals surface area contributed by atoms with E-state index in [-0.39, 0.29) is 36.3 Å². The average Bonchev–Trinajstić information content (AvgIpc) is 2.57. The van der Waals surface area contributed by atoms with Crippen molar-refractivity contribution in [2.45, 2.75) is 32.9 Å². The van der Waals surface area contributed by atoms with Gasteiger partial charge in [0.2, 0.25) is 5.91 Å². The number of hydrogen-bond donors (Lipinski definition) is 2. The molecule has 0 aromatic heterocycles. The summed E-state index contributed by atoms with van der Waals surface area (Å²) in [5.41, 5.74) is 2.06. The number of benzene rings is 2. The fourth-order valence-corrected chi connectivity index (χ4v) is 2.73. The van der Waals surface area contributed by atoms with Crippen molar-refractivity contribution in [3.63, 3.8) is 0 Å². The molecule has 0 fully saturated rings. The summed E-state index contributed by atoms with van der Waals surface area (Å²) in [5, 5.41) is 6.27. The van der Waals surface area contributed by atoms with Gasteiger partial charge in [-0.2, -0.15) is 0 Å². The van der Waals surface area contributed by atoms with E-state index in [0.29, 0.717) is 0 Å². The first-order valence-electron chi connectivity index (χ1n) is 8.30. The lowest BCUT2D eigenvalue weighted by atomic mass is 9.96. The van der Waals surface area contributed by atoms with E-state index < -0.39 is 0 Å². The van der Waals surface area contributed by atoms with Crippen molar-refractivity contribution in [1.82, 2.24) is 10.6 Å². The molecule has 0 saturated carbocycles. The summed E-state index contributed by atoms with van der Waals surface area (Å²) in [6.45, 7) is 6.33. The molecular formula is C20H25FN2O. The lowest BCUT2D eigenvalue weighted by Crippen LogP contribution is -2.38. The first-order chi connectivity index (χ1) is 11.5. The Kier molecular flexibility index (Phi) is 6.50. The summed E-state index contributed by atoms with van der Waals surface area (Å²) in [5.74, 6) is -0.0235. The molecule has 128 valence electrons. The van der Waals surface area contributed by atoms with Crippen molar-refractivity contribution in [3.8, 4) is 0 Å². The van der Waals surface area contributed by atoms with Crippen LogP contribution in [-0.4, -0.2) is 12.5 Å². The maximum absolute atomic E-state index is 13.1. The molecule has 2 aromatic carbocycles. The topological polar surface area (TPSA) is 41.1 Å². The predicted octanol–water partition coefficient (Wildman–Crippen LogP) is 3.99. The van der Waals surface area contributed by atoms with Gasteiger partial charge in [0.15, 0.2) is 0 Å². The van der Waals surface area contributed by atoms with Gasteiger partial charge in [-0.3, -0.25) is 4.79 Å². The zero-order valence-corrected chi connectivity index (χ0v) is 14.4. The van der Waals surface area contributed by atoms with Gasteiger partial charge in [-0.1, -0.05) is 56.3 Å². The zero-order chi connectivity index (χ0) is 17.5. The average molecular weight is 328 g/mol. The van der Waals surface area contributed by atoms with Crippen molar-refractivity contribution in [2.75, 3.05) is 6.54 Å². The van der Waals surface area contributed by atoms with E-state index in [1.165, 1.54) is 12.1 Å². The fraction of sp³-hybridized carbons (Fsp3) is 0.350. The van der Waals surface area contributed by atoms with Crippen molar-refractivity contribution in [2.24, 2.45) is 5.92 Å². The first kappa shape index (κ1) is 18.1. The Morgan fingerprint density at radius 1 is 0.958 bits per heavy atom. The van der Waals surface area contributed by atoms with E-state index in [0.717, 1.165) is 11.1 Å². The van der Waals surface area contributed by atoms with Crippen LogP contribution in [0.4, 0.5) is 4.39 Å². The predicted molar refractivity (Wildman–Crippen MR) is 95.0 cm³/mol. The monoisotopic (exact) mass is 328 g/mol. The molecule has 3 nitrogen and oxygen atoms in total. The van der Waals surface area contributed by atoms with Gasteiger partial charge in [0, 0.05) is 6.04 Å². The third-order valence-electron chi connectivity index (χ3n) is 4.06. The highest BCUT2D eigenvalue weighted by Crippen LogP contribution is 2.21. The molecule has 2 N–H and O–H groups in total. The van der Waals surface area contributed by atoms with Crippen LogP contribution in [0.3, 0.4) is 0 Å². The number of rotatable bonds is 7. The minimum atomic E-state index is -0.254. The van der Waals surface area contributed by atoms with Gasteiger partial charge in [-0.25, -0.2) is 4.39 Å². The van der Waals surface area contributed by atoms with Gasteiger partial charge >= 0.3 is 0 Å². The van der Waals surface area contributed by atoms with Gasteiger partial charge < -0.3 is 10.6 Å². The van der Waals surface area contributed by atoms with Gasteiger partial charge in [-0.15, -0.1) is 0 Å². The SMILES string of the molecule is CC(C)[C@H](NCC(=O)N[C@@H](C)c1ccccc1)c1ccc(F)cc1. The van der Waals surface area contributed by atoms with Gasteiger partial charge in [0.1, 0.15) is 5.82 Å². The number of halogens is 1. The Hall–Kier alpha value is -2.20. The summed E-state index contributed by atoms with van der Waals surface area (Å²) >= 11 is 0. The smallest absolute Gasteiger partial charge is 0.234 e. The molecule has 0 radical (unpaired) electrons. The Balaban J connectivity index is 1.92. The van der Waals surface area contributed by atoms with Crippen LogP contribution >= 0.6 is 0 Å². The summed E-state index contributed by atoms with van der Waals surface area (Å²) in [6, 6.07) is 16.2. The maximum atomic E-state index is 13.1. The largest absolute Gasteiger partial charge is 0.348 e. The zero-order valence-electron chi connectivity index (χ0n) is 14.4. The van der Waals surface area contributed by atoms with Gasteiger partial charge in [0.25, 0.3) is 0 Å². The molecule has 1 amide bonds. The third-order valence-corrected chi connectivity index (χ3v) is 4.06. The maximum Gasteiger partial charge on any atom is 0.234 e. The molecule has 2 aromatic rings. The molecule has 0 aliphatic rings. The lowest BCUT2D eigenvalue weighted by molar-refractivity contribution is -0.121. The molecule has 0 spiro atoms. The molecule has 0 unspecified atom stereocenters. The fourth-order valence-electron chi connectivity index (χ4n) is 2.73. The normalized spacial score (nSPS) is 13.5. The number of hydrogen-bond acceptors (Lipinski definition) is 2. The minimum absolute atomic E-state index is 0.00313. The Morgan fingerprint density at radius 2 is 1.58 bits per heavy atom. The van der Waals surface area contributed by atoms with Crippen LogP contribution < -0.4 is 10.6 Å². The molecule has 0 bridgehead atoms. The first-order valence-corrected chi connectivity index (χ1v) is 8.30. The Bertz CT molecular complexity index is 640. The molecular weight excluding hydrogens is 303 g/mol. The van der Waals surface area contributed by atoms with Gasteiger partial charge in [-0.05, 0) is 36.1 Å². The highest BCUT2D eigenvalue weighted by molar-refractivity contribution is 5.78. The van der Waals surface area contributed by atoms with Crippen LogP contribution in [0.5, 0.6) is 0 Å². The van der Waals surface area contributed by atoms with Crippen LogP contribution in [0.15, 0.2) is 54.6 Å². The third kappa shape index (κ3) is 5.17. The van der Waals surface area contributed by atoms with Crippen LogP contribution in [0.25, 0.3) is 0 Å². The highest BCUT2D eigenvalue weighted by Gasteiger charge is 2.17. The Labute approximate surface area is 143 Å². The lowest BCUT2D eigenvalue weighted by Gasteiger charge is -2.23. The quantitative estimate of drug-likeness (QED) is 0.807. The molecule has 24 heavy (non-hydrogen) atoms. The van der Waals surface area contributed by atoms with Crippen LogP contribution in [-0.2, 0) is 4.79 Å².